The molecule has 0 saturated heterocycles. The fourth-order valence-corrected chi connectivity index (χ4v) is 1.98. The van der Waals surface area contributed by atoms with Gasteiger partial charge in [0.25, 0.3) is 0 Å². The van der Waals surface area contributed by atoms with Gasteiger partial charge in [-0.15, -0.1) is 0 Å². The van der Waals surface area contributed by atoms with Crippen LogP contribution in [0.1, 0.15) is 25.6 Å². The normalized spacial score (nSPS) is 12.2. The third kappa shape index (κ3) is 3.09. The van der Waals surface area contributed by atoms with Gasteiger partial charge in [-0.3, -0.25) is 4.98 Å². The van der Waals surface area contributed by atoms with Crippen LogP contribution in [0.4, 0.5) is 15.8 Å². The van der Waals surface area contributed by atoms with Gasteiger partial charge in [0.15, 0.2) is 0 Å². The Morgan fingerprint density at radius 1 is 1.26 bits per heavy atom. The van der Waals surface area contributed by atoms with E-state index >= 15 is 0 Å². The highest BCUT2D eigenvalue weighted by atomic mass is 19.1. The zero-order valence-corrected chi connectivity index (χ0v) is 11.2. The molecule has 0 aliphatic heterocycles. The first-order valence-corrected chi connectivity index (χ1v) is 6.36. The Balaban J connectivity index is 2.31. The van der Waals surface area contributed by atoms with E-state index in [2.05, 4.69) is 4.98 Å². The van der Waals surface area contributed by atoms with Crippen molar-refractivity contribution < 1.29 is 4.39 Å². The third-order valence-corrected chi connectivity index (χ3v) is 2.99. The van der Waals surface area contributed by atoms with Crippen LogP contribution in [0.15, 0.2) is 42.6 Å². The molecule has 1 heterocycles. The van der Waals surface area contributed by atoms with Crippen LogP contribution in [0.2, 0.25) is 0 Å². The van der Waals surface area contributed by atoms with Crippen LogP contribution in [-0.4, -0.2) is 11.5 Å². The fraction of sp³-hybridized carbons (Fsp3) is 0.267. The first kappa shape index (κ1) is 13.5. The number of rotatable bonds is 4. The zero-order valence-electron chi connectivity index (χ0n) is 11.2. The number of anilines is 2. The Morgan fingerprint density at radius 3 is 2.58 bits per heavy atom. The molecule has 1 aromatic heterocycles. The minimum atomic E-state index is -0.240. The average Bonchev–Trinajstić information content (AvgIpc) is 2.40. The Hall–Kier alpha value is -1.94. The summed E-state index contributed by atoms with van der Waals surface area (Å²) in [6, 6.07) is 10.3. The summed E-state index contributed by atoms with van der Waals surface area (Å²) in [5.41, 5.74) is 8.37. The van der Waals surface area contributed by atoms with E-state index < -0.39 is 0 Å². The maximum absolute atomic E-state index is 13.3. The van der Waals surface area contributed by atoms with Crippen LogP contribution >= 0.6 is 0 Å². The van der Waals surface area contributed by atoms with Crippen LogP contribution in [0.5, 0.6) is 0 Å². The molecular formula is C15H18FN3. The van der Waals surface area contributed by atoms with Crippen molar-refractivity contribution in [3.8, 4) is 0 Å². The van der Waals surface area contributed by atoms with Crippen molar-refractivity contribution in [3.63, 3.8) is 0 Å². The second-order valence-corrected chi connectivity index (χ2v) is 4.45. The van der Waals surface area contributed by atoms with Gasteiger partial charge in [0.2, 0.25) is 0 Å². The minimum absolute atomic E-state index is 0.0849. The molecule has 0 aliphatic carbocycles. The monoisotopic (exact) mass is 259 g/mol. The van der Waals surface area contributed by atoms with Crippen molar-refractivity contribution in [2.45, 2.75) is 19.9 Å². The highest BCUT2D eigenvalue weighted by molar-refractivity contribution is 5.62. The van der Waals surface area contributed by atoms with Crippen molar-refractivity contribution in [1.29, 1.82) is 0 Å². The Kier molecular flexibility index (Phi) is 4.12. The van der Waals surface area contributed by atoms with E-state index in [1.54, 1.807) is 12.3 Å². The van der Waals surface area contributed by atoms with Crippen molar-refractivity contribution in [2.75, 3.05) is 11.4 Å². The highest BCUT2D eigenvalue weighted by Crippen LogP contribution is 2.25. The molecule has 0 spiro atoms. The summed E-state index contributed by atoms with van der Waals surface area (Å²) in [4.78, 5) is 6.34. The minimum Gasteiger partial charge on any atom is -0.340 e. The Bertz CT molecular complexity index is 537. The highest BCUT2D eigenvalue weighted by Gasteiger charge is 2.09. The van der Waals surface area contributed by atoms with Gasteiger partial charge in [-0.1, -0.05) is 6.07 Å². The zero-order chi connectivity index (χ0) is 13.8. The number of hydrogen-bond donors (Lipinski definition) is 1. The number of halogens is 1. The first-order valence-electron chi connectivity index (χ1n) is 6.36. The van der Waals surface area contributed by atoms with E-state index in [1.807, 2.05) is 36.9 Å². The first-order chi connectivity index (χ1) is 9.11. The predicted molar refractivity (Wildman–Crippen MR) is 75.9 cm³/mol. The molecule has 100 valence electrons. The molecule has 0 unspecified atom stereocenters. The number of hydrogen-bond acceptors (Lipinski definition) is 3. The SMILES string of the molecule is CCN(c1ccc([C@H](C)N)nc1)c1cccc(F)c1. The van der Waals surface area contributed by atoms with Gasteiger partial charge in [0, 0.05) is 18.3 Å². The molecule has 0 amide bonds. The van der Waals surface area contributed by atoms with Gasteiger partial charge >= 0.3 is 0 Å². The summed E-state index contributed by atoms with van der Waals surface area (Å²) < 4.78 is 13.3. The van der Waals surface area contributed by atoms with Crippen molar-refractivity contribution in [3.05, 3.63) is 54.1 Å². The van der Waals surface area contributed by atoms with Crippen LogP contribution in [0.3, 0.4) is 0 Å². The van der Waals surface area contributed by atoms with E-state index in [1.165, 1.54) is 12.1 Å². The average molecular weight is 259 g/mol. The molecule has 0 bridgehead atoms. The molecule has 3 nitrogen and oxygen atoms in total. The van der Waals surface area contributed by atoms with Crippen molar-refractivity contribution in [2.24, 2.45) is 5.73 Å². The Labute approximate surface area is 112 Å². The van der Waals surface area contributed by atoms with Gasteiger partial charge in [0.1, 0.15) is 5.82 Å². The molecule has 0 aliphatic rings. The van der Waals surface area contributed by atoms with E-state index in [0.29, 0.717) is 0 Å². The third-order valence-electron chi connectivity index (χ3n) is 2.99. The number of pyridine rings is 1. The standard InChI is InChI=1S/C15H18FN3/c1-3-19(13-6-4-5-12(16)9-13)14-7-8-15(11(2)17)18-10-14/h4-11H,3,17H2,1-2H3/t11-/m0/s1. The Morgan fingerprint density at radius 2 is 2.05 bits per heavy atom. The quantitative estimate of drug-likeness (QED) is 0.915. The fourth-order valence-electron chi connectivity index (χ4n) is 1.98. The van der Waals surface area contributed by atoms with E-state index in [4.69, 9.17) is 5.73 Å². The van der Waals surface area contributed by atoms with E-state index in [0.717, 1.165) is 23.6 Å². The topological polar surface area (TPSA) is 42.1 Å². The lowest BCUT2D eigenvalue weighted by Crippen LogP contribution is -2.17. The molecule has 1 atom stereocenters. The summed E-state index contributed by atoms with van der Waals surface area (Å²) in [6.07, 6.45) is 1.77. The lowest BCUT2D eigenvalue weighted by Gasteiger charge is -2.23. The maximum atomic E-state index is 13.3. The number of aromatic nitrogens is 1. The predicted octanol–water partition coefficient (Wildman–Crippen LogP) is 3.40. The molecule has 4 heteroatoms. The number of benzene rings is 1. The maximum Gasteiger partial charge on any atom is 0.125 e. The molecular weight excluding hydrogens is 241 g/mol. The summed E-state index contributed by atoms with van der Waals surface area (Å²) in [5.74, 6) is -0.240. The van der Waals surface area contributed by atoms with Gasteiger partial charge in [-0.05, 0) is 44.2 Å². The lowest BCUT2D eigenvalue weighted by atomic mass is 10.2. The van der Waals surface area contributed by atoms with Crippen molar-refractivity contribution >= 4 is 11.4 Å². The molecule has 19 heavy (non-hydrogen) atoms. The molecule has 2 N–H and O–H groups in total. The van der Waals surface area contributed by atoms with E-state index in [-0.39, 0.29) is 11.9 Å². The second-order valence-electron chi connectivity index (χ2n) is 4.45. The molecule has 0 fully saturated rings. The van der Waals surface area contributed by atoms with Gasteiger partial charge in [-0.25, -0.2) is 4.39 Å². The van der Waals surface area contributed by atoms with Gasteiger partial charge in [-0.2, -0.15) is 0 Å². The number of nitrogens with two attached hydrogens (primary N) is 1. The van der Waals surface area contributed by atoms with Crippen molar-refractivity contribution in [1.82, 2.24) is 4.98 Å². The summed E-state index contributed by atoms with van der Waals surface area (Å²) >= 11 is 0. The summed E-state index contributed by atoms with van der Waals surface area (Å²) in [5, 5.41) is 0. The summed E-state index contributed by atoms with van der Waals surface area (Å²) in [6.45, 7) is 4.65. The second kappa shape index (κ2) is 5.80. The molecule has 0 radical (unpaired) electrons. The lowest BCUT2D eigenvalue weighted by molar-refractivity contribution is 0.627. The van der Waals surface area contributed by atoms with Crippen LogP contribution < -0.4 is 10.6 Å². The largest absolute Gasteiger partial charge is 0.340 e. The van der Waals surface area contributed by atoms with Gasteiger partial charge in [0.05, 0.1) is 17.6 Å². The number of nitrogens with zero attached hydrogens (tertiary/aromatic N) is 2. The van der Waals surface area contributed by atoms with E-state index in [9.17, 15) is 4.39 Å². The van der Waals surface area contributed by atoms with Crippen LogP contribution in [-0.2, 0) is 0 Å². The van der Waals surface area contributed by atoms with Gasteiger partial charge < -0.3 is 10.6 Å². The van der Waals surface area contributed by atoms with Crippen LogP contribution in [0.25, 0.3) is 0 Å². The summed E-state index contributed by atoms with van der Waals surface area (Å²) in [7, 11) is 0. The molecule has 2 aromatic rings. The molecule has 2 rings (SSSR count). The molecule has 1 aromatic carbocycles. The van der Waals surface area contributed by atoms with Crippen LogP contribution in [0, 0.1) is 5.82 Å². The molecule has 0 saturated carbocycles. The smallest absolute Gasteiger partial charge is 0.125 e.